The molecule has 0 saturated carbocycles. The number of benzene rings is 2. The zero-order chi connectivity index (χ0) is 19.6. The van der Waals surface area contributed by atoms with Crippen LogP contribution < -0.4 is 10.1 Å². The first-order valence-corrected chi connectivity index (χ1v) is 8.61. The number of imidazole rings is 1. The van der Waals surface area contributed by atoms with Crippen molar-refractivity contribution in [3.63, 3.8) is 0 Å². The molecule has 1 aromatic heterocycles. The maximum Gasteiger partial charge on any atom is 0.273 e. The number of nitro groups is 1. The second-order valence-electron chi connectivity index (χ2n) is 6.09. The number of anilines is 1. The SMILES string of the molecule is COc1ccccc1C(Nc1cc(C)c([N+](=O)[O-])cc1Cl)c1nccn1C. The summed E-state index contributed by atoms with van der Waals surface area (Å²) < 4.78 is 7.41. The quantitative estimate of drug-likeness (QED) is 0.498. The van der Waals surface area contributed by atoms with Gasteiger partial charge in [0.15, 0.2) is 0 Å². The van der Waals surface area contributed by atoms with Gasteiger partial charge in [0.05, 0.1) is 22.7 Å². The third-order valence-electron chi connectivity index (χ3n) is 4.35. The molecular formula is C19H19ClN4O3. The second-order valence-corrected chi connectivity index (χ2v) is 6.50. The van der Waals surface area contributed by atoms with Crippen molar-refractivity contribution >= 4 is 23.0 Å². The van der Waals surface area contributed by atoms with Gasteiger partial charge in [-0.25, -0.2) is 4.98 Å². The van der Waals surface area contributed by atoms with E-state index in [1.807, 2.05) is 42.1 Å². The van der Waals surface area contributed by atoms with Crippen molar-refractivity contribution in [3.8, 4) is 5.75 Å². The van der Waals surface area contributed by atoms with E-state index in [0.717, 1.165) is 11.4 Å². The largest absolute Gasteiger partial charge is 0.496 e. The number of hydrogen-bond acceptors (Lipinski definition) is 5. The molecular weight excluding hydrogens is 368 g/mol. The van der Waals surface area contributed by atoms with Crippen LogP contribution in [0.5, 0.6) is 5.75 Å². The van der Waals surface area contributed by atoms with Crippen LogP contribution in [0, 0.1) is 17.0 Å². The van der Waals surface area contributed by atoms with Gasteiger partial charge >= 0.3 is 0 Å². The molecule has 1 atom stereocenters. The topological polar surface area (TPSA) is 82.2 Å². The normalized spacial score (nSPS) is 11.9. The van der Waals surface area contributed by atoms with Crippen LogP contribution in [-0.2, 0) is 7.05 Å². The number of halogens is 1. The van der Waals surface area contributed by atoms with Crippen LogP contribution in [0.3, 0.4) is 0 Å². The van der Waals surface area contributed by atoms with Crippen LogP contribution in [0.4, 0.5) is 11.4 Å². The van der Waals surface area contributed by atoms with Crippen LogP contribution in [0.1, 0.15) is 23.0 Å². The lowest BCUT2D eigenvalue weighted by Gasteiger charge is -2.23. The summed E-state index contributed by atoms with van der Waals surface area (Å²) >= 11 is 6.33. The average molecular weight is 387 g/mol. The number of aryl methyl sites for hydroxylation is 2. The van der Waals surface area contributed by atoms with E-state index in [1.165, 1.54) is 6.07 Å². The molecule has 0 amide bonds. The molecule has 0 fully saturated rings. The third kappa shape index (κ3) is 3.73. The second kappa shape index (κ2) is 7.67. The van der Waals surface area contributed by atoms with E-state index < -0.39 is 4.92 Å². The molecule has 0 spiro atoms. The van der Waals surface area contributed by atoms with Crippen molar-refractivity contribution in [2.24, 2.45) is 7.05 Å². The lowest BCUT2D eigenvalue weighted by atomic mass is 10.0. The molecule has 0 aliphatic heterocycles. The third-order valence-corrected chi connectivity index (χ3v) is 4.66. The van der Waals surface area contributed by atoms with Gasteiger partial charge in [-0.3, -0.25) is 10.1 Å². The van der Waals surface area contributed by atoms with Gasteiger partial charge in [-0.05, 0) is 19.1 Å². The molecule has 7 nitrogen and oxygen atoms in total. The van der Waals surface area contributed by atoms with E-state index in [9.17, 15) is 10.1 Å². The summed E-state index contributed by atoms with van der Waals surface area (Å²) in [6.07, 6.45) is 3.56. The van der Waals surface area contributed by atoms with Crippen LogP contribution in [-0.4, -0.2) is 21.6 Å². The zero-order valence-electron chi connectivity index (χ0n) is 15.1. The molecule has 27 heavy (non-hydrogen) atoms. The fourth-order valence-electron chi connectivity index (χ4n) is 2.98. The Morgan fingerprint density at radius 1 is 1.33 bits per heavy atom. The van der Waals surface area contributed by atoms with E-state index in [0.29, 0.717) is 17.0 Å². The molecule has 2 aromatic carbocycles. The van der Waals surface area contributed by atoms with E-state index >= 15 is 0 Å². The van der Waals surface area contributed by atoms with Crippen LogP contribution in [0.15, 0.2) is 48.8 Å². The van der Waals surface area contributed by atoms with E-state index in [1.54, 1.807) is 26.3 Å². The number of methoxy groups -OCH3 is 1. The highest BCUT2D eigenvalue weighted by Crippen LogP contribution is 2.36. The van der Waals surface area contributed by atoms with Crippen molar-refractivity contribution < 1.29 is 9.66 Å². The maximum absolute atomic E-state index is 11.1. The summed E-state index contributed by atoms with van der Waals surface area (Å²) in [5, 5.41) is 14.8. The highest BCUT2D eigenvalue weighted by molar-refractivity contribution is 6.33. The van der Waals surface area contributed by atoms with Gasteiger partial charge in [0.2, 0.25) is 0 Å². The average Bonchev–Trinajstić information content (AvgIpc) is 3.07. The summed E-state index contributed by atoms with van der Waals surface area (Å²) in [6.45, 7) is 1.68. The Morgan fingerprint density at radius 3 is 2.70 bits per heavy atom. The highest BCUT2D eigenvalue weighted by atomic mass is 35.5. The number of para-hydroxylation sites is 1. The number of nitro benzene ring substituents is 1. The summed E-state index contributed by atoms with van der Waals surface area (Å²) in [5.41, 5.74) is 1.96. The minimum atomic E-state index is -0.443. The number of ether oxygens (including phenoxy) is 1. The van der Waals surface area contributed by atoms with Crippen LogP contribution in [0.25, 0.3) is 0 Å². The Balaban J connectivity index is 2.09. The Hall–Kier alpha value is -3.06. The first-order chi connectivity index (χ1) is 12.9. The molecule has 3 rings (SSSR count). The van der Waals surface area contributed by atoms with Crippen molar-refractivity contribution in [2.45, 2.75) is 13.0 Å². The molecule has 0 radical (unpaired) electrons. The fourth-order valence-corrected chi connectivity index (χ4v) is 3.19. The minimum Gasteiger partial charge on any atom is -0.496 e. The van der Waals surface area contributed by atoms with Crippen molar-refractivity contribution in [2.75, 3.05) is 12.4 Å². The Kier molecular flexibility index (Phi) is 5.32. The van der Waals surface area contributed by atoms with Gasteiger partial charge < -0.3 is 14.6 Å². The number of nitrogens with zero attached hydrogens (tertiary/aromatic N) is 3. The number of hydrogen-bond donors (Lipinski definition) is 1. The van der Waals surface area contributed by atoms with Crippen molar-refractivity contribution in [3.05, 3.63) is 80.9 Å². The Morgan fingerprint density at radius 2 is 2.07 bits per heavy atom. The Labute approximate surface area is 161 Å². The molecule has 1 N–H and O–H groups in total. The predicted octanol–water partition coefficient (Wildman–Crippen LogP) is 4.50. The minimum absolute atomic E-state index is 0.0172. The van der Waals surface area contributed by atoms with Gasteiger partial charge in [-0.1, -0.05) is 29.8 Å². The van der Waals surface area contributed by atoms with Crippen molar-refractivity contribution in [1.29, 1.82) is 0 Å². The zero-order valence-corrected chi connectivity index (χ0v) is 15.9. The maximum atomic E-state index is 11.1. The smallest absolute Gasteiger partial charge is 0.273 e. The van der Waals surface area contributed by atoms with Gasteiger partial charge in [-0.2, -0.15) is 0 Å². The lowest BCUT2D eigenvalue weighted by Crippen LogP contribution is -2.18. The van der Waals surface area contributed by atoms with Crippen molar-refractivity contribution in [1.82, 2.24) is 9.55 Å². The predicted molar refractivity (Wildman–Crippen MR) is 105 cm³/mol. The first kappa shape index (κ1) is 18.7. The molecule has 0 bridgehead atoms. The highest BCUT2D eigenvalue weighted by Gasteiger charge is 2.24. The van der Waals surface area contributed by atoms with Gasteiger partial charge in [-0.15, -0.1) is 0 Å². The monoisotopic (exact) mass is 386 g/mol. The summed E-state index contributed by atoms with van der Waals surface area (Å²) in [4.78, 5) is 15.2. The molecule has 0 aliphatic carbocycles. The summed E-state index contributed by atoms with van der Waals surface area (Å²) in [7, 11) is 3.51. The van der Waals surface area contributed by atoms with E-state index in [2.05, 4.69) is 10.3 Å². The van der Waals surface area contributed by atoms with Crippen LogP contribution >= 0.6 is 11.6 Å². The molecule has 3 aromatic rings. The fraction of sp³-hybridized carbons (Fsp3) is 0.211. The molecule has 1 heterocycles. The van der Waals surface area contributed by atoms with Gasteiger partial charge in [0.25, 0.3) is 5.69 Å². The van der Waals surface area contributed by atoms with Crippen LogP contribution in [0.2, 0.25) is 5.02 Å². The number of nitrogens with one attached hydrogen (secondary N) is 1. The molecule has 1 unspecified atom stereocenters. The molecule has 0 saturated heterocycles. The van der Waals surface area contributed by atoms with Gasteiger partial charge in [0, 0.05) is 36.6 Å². The number of aromatic nitrogens is 2. The molecule has 140 valence electrons. The first-order valence-electron chi connectivity index (χ1n) is 8.23. The summed E-state index contributed by atoms with van der Waals surface area (Å²) in [5.74, 6) is 1.46. The van der Waals surface area contributed by atoms with Gasteiger partial charge in [0.1, 0.15) is 17.6 Å². The standard InChI is InChI=1S/C19H19ClN4O3/c1-12-10-15(14(20)11-16(12)24(25)26)22-18(19-21-8-9-23(19)2)13-6-4-5-7-17(13)27-3/h4-11,18,22H,1-3H3. The van der Waals surface area contributed by atoms with E-state index in [-0.39, 0.29) is 16.8 Å². The Bertz CT molecular complexity index is 987. The summed E-state index contributed by atoms with van der Waals surface area (Å²) in [6, 6.07) is 10.3. The lowest BCUT2D eigenvalue weighted by molar-refractivity contribution is -0.385. The number of rotatable bonds is 6. The molecule has 0 aliphatic rings. The molecule has 8 heteroatoms. The van der Waals surface area contributed by atoms with E-state index in [4.69, 9.17) is 16.3 Å².